The van der Waals surface area contributed by atoms with E-state index >= 15 is 0 Å². The van der Waals surface area contributed by atoms with Gasteiger partial charge in [-0.25, -0.2) is 0 Å². The number of rotatable bonds is 2. The van der Waals surface area contributed by atoms with E-state index in [4.69, 9.17) is 9.47 Å². The van der Waals surface area contributed by atoms with Crippen LogP contribution in [0.25, 0.3) is 0 Å². The quantitative estimate of drug-likeness (QED) is 0.753. The third kappa shape index (κ3) is 3.06. The molecule has 108 valence electrons. The zero-order chi connectivity index (χ0) is 13.9. The predicted octanol–water partition coefficient (Wildman–Crippen LogP) is -0.223. The van der Waals surface area contributed by atoms with E-state index in [0.717, 1.165) is 12.8 Å². The van der Waals surface area contributed by atoms with Gasteiger partial charge in [0.05, 0.1) is 13.2 Å². The highest BCUT2D eigenvalue weighted by Crippen LogP contribution is 2.23. The molecule has 19 heavy (non-hydrogen) atoms. The van der Waals surface area contributed by atoms with Crippen molar-refractivity contribution in [2.24, 2.45) is 5.92 Å². The van der Waals surface area contributed by atoms with Crippen LogP contribution < -0.4 is 5.32 Å². The van der Waals surface area contributed by atoms with Crippen molar-refractivity contribution in [1.82, 2.24) is 10.2 Å². The van der Waals surface area contributed by atoms with Gasteiger partial charge in [0.25, 0.3) is 5.91 Å². The Kier molecular flexibility index (Phi) is 4.42. The highest BCUT2D eigenvalue weighted by Gasteiger charge is 2.41. The molecule has 0 aromatic carbocycles. The van der Waals surface area contributed by atoms with Crippen LogP contribution in [0.2, 0.25) is 0 Å². The molecule has 0 bridgehead atoms. The molecule has 0 aliphatic carbocycles. The molecular formula is C13H22N2O4. The molecule has 0 aromatic heterocycles. The molecule has 2 aliphatic heterocycles. The Bertz CT molecular complexity index is 355. The van der Waals surface area contributed by atoms with Gasteiger partial charge in [-0.1, -0.05) is 0 Å². The van der Waals surface area contributed by atoms with Crippen LogP contribution in [-0.2, 0) is 19.1 Å². The van der Waals surface area contributed by atoms with Crippen molar-refractivity contribution in [2.75, 3.05) is 40.0 Å². The maximum Gasteiger partial charge on any atom is 0.253 e. The summed E-state index contributed by atoms with van der Waals surface area (Å²) in [5.74, 6) is -0.0282. The number of likely N-dealkylation sites (N-methyl/N-ethyl adjacent to an activating group) is 1. The van der Waals surface area contributed by atoms with Gasteiger partial charge in [-0.15, -0.1) is 0 Å². The molecule has 6 heteroatoms. The van der Waals surface area contributed by atoms with E-state index in [2.05, 4.69) is 5.32 Å². The lowest BCUT2D eigenvalue weighted by Gasteiger charge is -2.40. The standard InChI is InChI=1S/C13H22N2O4/c1-13(12(17)14-2)9-15(5-8-19-13)11(16)10-3-6-18-7-4-10/h10H,3-9H2,1-2H3,(H,14,17). The molecule has 0 radical (unpaired) electrons. The highest BCUT2D eigenvalue weighted by molar-refractivity contribution is 5.86. The van der Waals surface area contributed by atoms with Crippen molar-refractivity contribution in [3.8, 4) is 0 Å². The van der Waals surface area contributed by atoms with E-state index in [9.17, 15) is 9.59 Å². The average molecular weight is 270 g/mol. The highest BCUT2D eigenvalue weighted by atomic mass is 16.5. The zero-order valence-electron chi connectivity index (χ0n) is 11.6. The molecule has 2 rings (SSSR count). The fraction of sp³-hybridized carbons (Fsp3) is 0.846. The normalized spacial score (nSPS) is 29.1. The third-order valence-electron chi connectivity index (χ3n) is 3.86. The average Bonchev–Trinajstić information content (AvgIpc) is 2.46. The van der Waals surface area contributed by atoms with E-state index in [1.165, 1.54) is 0 Å². The fourth-order valence-electron chi connectivity index (χ4n) is 2.66. The number of amides is 2. The van der Waals surface area contributed by atoms with E-state index < -0.39 is 5.60 Å². The topological polar surface area (TPSA) is 67.9 Å². The molecule has 0 aromatic rings. The van der Waals surface area contributed by atoms with Gasteiger partial charge in [-0.3, -0.25) is 9.59 Å². The first-order valence-electron chi connectivity index (χ1n) is 6.79. The molecule has 6 nitrogen and oxygen atoms in total. The molecule has 1 atom stereocenters. The SMILES string of the molecule is CNC(=O)C1(C)CN(C(=O)C2CCOCC2)CCO1. The molecule has 1 unspecified atom stereocenters. The molecule has 2 amide bonds. The van der Waals surface area contributed by atoms with Crippen molar-refractivity contribution >= 4 is 11.8 Å². The minimum absolute atomic E-state index is 0.0285. The fourth-order valence-corrected chi connectivity index (χ4v) is 2.66. The van der Waals surface area contributed by atoms with Crippen LogP contribution in [-0.4, -0.2) is 62.3 Å². The Hall–Kier alpha value is -1.14. The van der Waals surface area contributed by atoms with Crippen LogP contribution in [0.4, 0.5) is 0 Å². The summed E-state index contributed by atoms with van der Waals surface area (Å²) in [6.45, 7) is 4.31. The Labute approximate surface area is 113 Å². The number of ether oxygens (including phenoxy) is 2. The van der Waals surface area contributed by atoms with Crippen LogP contribution >= 0.6 is 0 Å². The lowest BCUT2D eigenvalue weighted by molar-refractivity contribution is -0.165. The van der Waals surface area contributed by atoms with Crippen LogP contribution in [0.1, 0.15) is 19.8 Å². The van der Waals surface area contributed by atoms with Gasteiger partial charge in [0, 0.05) is 32.7 Å². The van der Waals surface area contributed by atoms with Gasteiger partial charge in [-0.05, 0) is 19.8 Å². The van der Waals surface area contributed by atoms with Gasteiger partial charge >= 0.3 is 0 Å². The number of morpholine rings is 1. The number of carbonyl (C=O) groups excluding carboxylic acids is 2. The third-order valence-corrected chi connectivity index (χ3v) is 3.86. The number of hydrogen-bond donors (Lipinski definition) is 1. The molecule has 0 saturated carbocycles. The minimum atomic E-state index is -0.937. The Morgan fingerprint density at radius 2 is 1.95 bits per heavy atom. The molecule has 2 fully saturated rings. The first kappa shape index (κ1) is 14.3. The van der Waals surface area contributed by atoms with E-state index in [-0.39, 0.29) is 17.7 Å². The van der Waals surface area contributed by atoms with Gasteiger partial charge in [-0.2, -0.15) is 0 Å². The summed E-state index contributed by atoms with van der Waals surface area (Å²) >= 11 is 0. The Balaban J connectivity index is 2.00. The Morgan fingerprint density at radius 3 is 2.58 bits per heavy atom. The van der Waals surface area contributed by atoms with Crippen molar-refractivity contribution in [3.63, 3.8) is 0 Å². The van der Waals surface area contributed by atoms with Crippen LogP contribution in [0.5, 0.6) is 0 Å². The molecule has 2 heterocycles. The van der Waals surface area contributed by atoms with Crippen molar-refractivity contribution in [2.45, 2.75) is 25.4 Å². The molecule has 2 aliphatic rings. The van der Waals surface area contributed by atoms with Crippen LogP contribution in [0.15, 0.2) is 0 Å². The number of nitrogens with one attached hydrogen (secondary N) is 1. The predicted molar refractivity (Wildman–Crippen MR) is 68.5 cm³/mol. The van der Waals surface area contributed by atoms with Gasteiger partial charge in [0.15, 0.2) is 5.60 Å². The van der Waals surface area contributed by atoms with E-state index in [1.807, 2.05) is 0 Å². The summed E-state index contributed by atoms with van der Waals surface area (Å²) in [6.07, 6.45) is 1.54. The maximum atomic E-state index is 12.4. The first-order chi connectivity index (χ1) is 9.07. The smallest absolute Gasteiger partial charge is 0.253 e. The van der Waals surface area contributed by atoms with Gasteiger partial charge in [0.1, 0.15) is 0 Å². The number of nitrogens with zero attached hydrogens (tertiary/aromatic N) is 1. The summed E-state index contributed by atoms with van der Waals surface area (Å²) in [7, 11) is 1.58. The minimum Gasteiger partial charge on any atom is -0.381 e. The zero-order valence-corrected chi connectivity index (χ0v) is 11.6. The van der Waals surface area contributed by atoms with Crippen LogP contribution in [0, 0.1) is 5.92 Å². The molecule has 1 N–H and O–H groups in total. The summed E-state index contributed by atoms with van der Waals surface area (Å²) in [5, 5.41) is 2.59. The van der Waals surface area contributed by atoms with Gasteiger partial charge in [0.2, 0.25) is 5.91 Å². The molecular weight excluding hydrogens is 248 g/mol. The van der Waals surface area contributed by atoms with E-state index in [0.29, 0.717) is 32.9 Å². The monoisotopic (exact) mass is 270 g/mol. The van der Waals surface area contributed by atoms with Crippen molar-refractivity contribution in [1.29, 1.82) is 0 Å². The second kappa shape index (κ2) is 5.88. The first-order valence-corrected chi connectivity index (χ1v) is 6.79. The van der Waals surface area contributed by atoms with Crippen molar-refractivity contribution < 1.29 is 19.1 Å². The number of hydrogen-bond acceptors (Lipinski definition) is 4. The second-order valence-corrected chi connectivity index (χ2v) is 5.30. The van der Waals surface area contributed by atoms with Crippen LogP contribution in [0.3, 0.4) is 0 Å². The molecule has 2 saturated heterocycles. The lowest BCUT2D eigenvalue weighted by Crippen LogP contribution is -2.59. The summed E-state index contributed by atoms with van der Waals surface area (Å²) in [5.41, 5.74) is -0.937. The van der Waals surface area contributed by atoms with Gasteiger partial charge < -0.3 is 19.7 Å². The molecule has 0 spiro atoms. The lowest BCUT2D eigenvalue weighted by atomic mass is 9.96. The second-order valence-electron chi connectivity index (χ2n) is 5.30. The summed E-state index contributed by atoms with van der Waals surface area (Å²) in [4.78, 5) is 26.0. The Morgan fingerprint density at radius 1 is 1.26 bits per heavy atom. The van der Waals surface area contributed by atoms with E-state index in [1.54, 1.807) is 18.9 Å². The summed E-state index contributed by atoms with van der Waals surface area (Å²) in [6, 6.07) is 0. The largest absolute Gasteiger partial charge is 0.381 e. The maximum absolute atomic E-state index is 12.4. The van der Waals surface area contributed by atoms with Crippen molar-refractivity contribution in [3.05, 3.63) is 0 Å². The number of carbonyl (C=O) groups is 2. The summed E-state index contributed by atoms with van der Waals surface area (Å²) < 4.78 is 10.8.